The summed E-state index contributed by atoms with van der Waals surface area (Å²) in [5.41, 5.74) is 20.0. The highest BCUT2D eigenvalue weighted by Crippen LogP contribution is 2.25. The van der Waals surface area contributed by atoms with Crippen LogP contribution in [-0.4, -0.2) is 28.0 Å². The molecule has 2 aromatic carbocycles. The molecule has 3 heterocycles. The molecule has 5 N–H and O–H groups in total. The van der Waals surface area contributed by atoms with E-state index in [2.05, 4.69) is 38.5 Å². The normalized spacial score (nSPS) is 19.8. The topological polar surface area (TPSA) is 94.4 Å². The van der Waals surface area contributed by atoms with Gasteiger partial charge in [-0.1, -0.05) is 47.7 Å². The van der Waals surface area contributed by atoms with Crippen molar-refractivity contribution in [2.24, 2.45) is 5.73 Å². The van der Waals surface area contributed by atoms with Gasteiger partial charge in [-0.3, -0.25) is 20.7 Å². The molecule has 5 rings (SSSR count). The average Bonchev–Trinajstić information content (AvgIpc) is 3.15. The molecule has 1 saturated heterocycles. The molecular formula is C21H22N8. The number of nitrogens with one attached hydrogen (secondary N) is 3. The minimum absolute atomic E-state index is 0.534. The molecule has 0 amide bonds. The summed E-state index contributed by atoms with van der Waals surface area (Å²) in [5.74, 6) is -0.891. The van der Waals surface area contributed by atoms with Crippen molar-refractivity contribution in [2.45, 2.75) is 12.2 Å². The first kappa shape index (κ1) is 17.9. The third kappa shape index (κ3) is 3.29. The van der Waals surface area contributed by atoms with Crippen LogP contribution >= 0.6 is 0 Å². The molecule has 29 heavy (non-hydrogen) atoms. The molecule has 0 bridgehead atoms. The van der Waals surface area contributed by atoms with Crippen LogP contribution in [0.4, 0.5) is 5.69 Å². The molecule has 1 atom stereocenters. The molecule has 2 aromatic heterocycles. The number of hydrogen-bond donors (Lipinski definition) is 4. The first-order valence-electron chi connectivity index (χ1n) is 9.43. The number of para-hydroxylation sites is 2. The van der Waals surface area contributed by atoms with Gasteiger partial charge in [0.15, 0.2) is 5.79 Å². The quantitative estimate of drug-likeness (QED) is 0.422. The van der Waals surface area contributed by atoms with E-state index in [1.807, 2.05) is 60.6 Å². The van der Waals surface area contributed by atoms with Crippen molar-refractivity contribution in [3.63, 3.8) is 0 Å². The van der Waals surface area contributed by atoms with Gasteiger partial charge in [-0.2, -0.15) is 11.0 Å². The van der Waals surface area contributed by atoms with Crippen LogP contribution in [-0.2, 0) is 6.42 Å². The molecule has 0 aliphatic carbocycles. The highest BCUT2D eigenvalue weighted by atomic mass is 16.1. The van der Waals surface area contributed by atoms with Gasteiger partial charge in [-0.05, 0) is 23.8 Å². The summed E-state index contributed by atoms with van der Waals surface area (Å²) in [7, 11) is 1.94. The van der Waals surface area contributed by atoms with Crippen LogP contribution in [0.3, 0.4) is 0 Å². The van der Waals surface area contributed by atoms with E-state index in [0.717, 1.165) is 33.1 Å². The molecule has 1 aliphatic rings. The SMILES string of the molecule is CN(c1cccc2cccnc12)N1NNC(N)(Cc2cccc3cccnc23)N1. The van der Waals surface area contributed by atoms with E-state index in [-0.39, 0.29) is 0 Å². The Balaban J connectivity index is 1.40. The molecule has 146 valence electrons. The summed E-state index contributed by atoms with van der Waals surface area (Å²) in [4.78, 5) is 9.05. The molecule has 8 heteroatoms. The summed E-state index contributed by atoms with van der Waals surface area (Å²) in [6.45, 7) is 0. The largest absolute Gasteiger partial charge is 0.298 e. The first-order valence-corrected chi connectivity index (χ1v) is 9.43. The second-order valence-electron chi connectivity index (χ2n) is 7.18. The fourth-order valence-electron chi connectivity index (χ4n) is 3.70. The van der Waals surface area contributed by atoms with Crippen molar-refractivity contribution in [1.82, 2.24) is 31.6 Å². The fraction of sp³-hybridized carbons (Fsp3) is 0.143. The van der Waals surface area contributed by atoms with Gasteiger partial charge in [0, 0.05) is 36.6 Å². The van der Waals surface area contributed by atoms with E-state index in [9.17, 15) is 0 Å². The molecular weight excluding hydrogens is 364 g/mol. The van der Waals surface area contributed by atoms with E-state index in [1.54, 1.807) is 17.6 Å². The minimum Gasteiger partial charge on any atom is -0.298 e. The van der Waals surface area contributed by atoms with Crippen LogP contribution in [0.1, 0.15) is 5.56 Å². The Morgan fingerprint density at radius 2 is 1.59 bits per heavy atom. The van der Waals surface area contributed by atoms with E-state index < -0.39 is 5.79 Å². The monoisotopic (exact) mass is 386 g/mol. The van der Waals surface area contributed by atoms with Gasteiger partial charge < -0.3 is 0 Å². The van der Waals surface area contributed by atoms with Gasteiger partial charge in [0.2, 0.25) is 0 Å². The van der Waals surface area contributed by atoms with Crippen LogP contribution in [0.2, 0.25) is 0 Å². The van der Waals surface area contributed by atoms with Crippen molar-refractivity contribution >= 4 is 27.5 Å². The lowest BCUT2D eigenvalue weighted by Gasteiger charge is -2.30. The lowest BCUT2D eigenvalue weighted by Crippen LogP contribution is -2.62. The Hall–Kier alpha value is -3.14. The van der Waals surface area contributed by atoms with Crippen LogP contribution in [0.5, 0.6) is 0 Å². The van der Waals surface area contributed by atoms with E-state index in [0.29, 0.717) is 6.42 Å². The smallest absolute Gasteiger partial charge is 0.154 e. The van der Waals surface area contributed by atoms with Gasteiger partial charge in [0.25, 0.3) is 0 Å². The summed E-state index contributed by atoms with van der Waals surface area (Å²) in [6, 6.07) is 20.2. The Bertz CT molecular complexity index is 1170. The number of hydrazine groups is 4. The predicted molar refractivity (Wildman–Crippen MR) is 114 cm³/mol. The van der Waals surface area contributed by atoms with E-state index >= 15 is 0 Å². The number of fused-ring (bicyclic) bond motifs is 2. The minimum atomic E-state index is -0.891. The number of anilines is 1. The molecule has 0 saturated carbocycles. The molecule has 1 aliphatic heterocycles. The molecule has 0 radical (unpaired) electrons. The van der Waals surface area contributed by atoms with Crippen LogP contribution in [0.25, 0.3) is 21.8 Å². The van der Waals surface area contributed by atoms with Gasteiger partial charge in [-0.15, -0.1) is 0 Å². The zero-order chi connectivity index (χ0) is 19.8. The molecule has 0 spiro atoms. The van der Waals surface area contributed by atoms with Crippen LogP contribution in [0, 0.1) is 0 Å². The maximum absolute atomic E-state index is 6.60. The zero-order valence-corrected chi connectivity index (χ0v) is 16.0. The summed E-state index contributed by atoms with van der Waals surface area (Å²) in [5, 5.41) is 5.82. The third-order valence-electron chi connectivity index (χ3n) is 5.14. The number of aromatic nitrogens is 2. The Labute approximate surface area is 168 Å². The van der Waals surface area contributed by atoms with Crippen molar-refractivity contribution in [2.75, 3.05) is 12.1 Å². The number of hydrogen-bond acceptors (Lipinski definition) is 8. The van der Waals surface area contributed by atoms with Gasteiger partial charge in [-0.25, -0.2) is 5.43 Å². The van der Waals surface area contributed by atoms with E-state index in [1.165, 1.54) is 0 Å². The average molecular weight is 386 g/mol. The Morgan fingerprint density at radius 1 is 0.931 bits per heavy atom. The van der Waals surface area contributed by atoms with Gasteiger partial charge >= 0.3 is 0 Å². The summed E-state index contributed by atoms with van der Waals surface area (Å²) >= 11 is 0. The number of nitrogens with two attached hydrogens (primary N) is 1. The lowest BCUT2D eigenvalue weighted by atomic mass is 10.0. The highest BCUT2D eigenvalue weighted by molar-refractivity contribution is 5.90. The second-order valence-corrected chi connectivity index (χ2v) is 7.18. The molecule has 1 fully saturated rings. The standard InChI is InChI=1S/C21H22N8/c1-28(18-11-3-7-16-10-5-13-24-20(16)18)29-26-21(22,25-27-29)14-17-8-2-6-15-9-4-12-23-19(15)17/h2-13,25-27H,14,22H2,1H3. The van der Waals surface area contributed by atoms with Crippen LogP contribution in [0.15, 0.2) is 73.1 Å². The Kier molecular flexibility index (Phi) is 4.35. The van der Waals surface area contributed by atoms with Gasteiger partial charge in [0.1, 0.15) is 0 Å². The maximum Gasteiger partial charge on any atom is 0.154 e. The second kappa shape index (κ2) is 7.03. The van der Waals surface area contributed by atoms with Crippen molar-refractivity contribution in [3.8, 4) is 0 Å². The molecule has 4 aromatic rings. The summed E-state index contributed by atoms with van der Waals surface area (Å²) < 4.78 is 0. The first-order chi connectivity index (χ1) is 14.1. The van der Waals surface area contributed by atoms with Crippen LogP contribution < -0.4 is 27.1 Å². The van der Waals surface area contributed by atoms with Gasteiger partial charge in [0.05, 0.1) is 16.7 Å². The molecule has 8 nitrogen and oxygen atoms in total. The van der Waals surface area contributed by atoms with Crippen molar-refractivity contribution < 1.29 is 0 Å². The number of benzene rings is 2. The lowest BCUT2D eigenvalue weighted by molar-refractivity contribution is 0.141. The predicted octanol–water partition coefficient (Wildman–Crippen LogP) is 1.82. The number of pyridine rings is 2. The highest BCUT2D eigenvalue weighted by Gasteiger charge is 2.36. The zero-order valence-electron chi connectivity index (χ0n) is 16.0. The third-order valence-corrected chi connectivity index (χ3v) is 5.14. The molecule has 1 unspecified atom stereocenters. The summed E-state index contributed by atoms with van der Waals surface area (Å²) in [6.07, 6.45) is 4.13. The number of nitrogens with zero attached hydrogens (tertiary/aromatic N) is 4. The van der Waals surface area contributed by atoms with E-state index in [4.69, 9.17) is 5.73 Å². The Morgan fingerprint density at radius 3 is 2.38 bits per heavy atom. The van der Waals surface area contributed by atoms with Crippen molar-refractivity contribution in [3.05, 3.63) is 78.6 Å². The fourth-order valence-corrected chi connectivity index (χ4v) is 3.70. The van der Waals surface area contributed by atoms with Crippen molar-refractivity contribution in [1.29, 1.82) is 0 Å². The maximum atomic E-state index is 6.60. The number of rotatable bonds is 4.